The lowest BCUT2D eigenvalue weighted by atomic mass is 10.3. The van der Waals surface area contributed by atoms with Crippen molar-refractivity contribution < 1.29 is 14.3 Å². The Morgan fingerprint density at radius 1 is 1.53 bits per heavy atom. The number of hydrogen-bond donors (Lipinski definition) is 2. The van der Waals surface area contributed by atoms with Gasteiger partial charge in [0.1, 0.15) is 5.82 Å². The second-order valence-corrected chi connectivity index (χ2v) is 5.00. The predicted molar refractivity (Wildman–Crippen MR) is 71.7 cm³/mol. The Balaban J connectivity index is 1.92. The number of halogens is 2. The molecule has 6 heteroatoms. The number of rotatable bonds is 6. The number of carbonyl (C=O) groups is 1. The summed E-state index contributed by atoms with van der Waals surface area (Å²) in [5.74, 6) is -0.656. The van der Waals surface area contributed by atoms with Crippen molar-refractivity contribution in [1.82, 2.24) is 4.90 Å². The van der Waals surface area contributed by atoms with Crippen LogP contribution in [-0.4, -0.2) is 41.7 Å². The van der Waals surface area contributed by atoms with Gasteiger partial charge in [-0.25, -0.2) is 4.39 Å². The highest BCUT2D eigenvalue weighted by molar-refractivity contribution is 6.33. The molecule has 1 aliphatic carbocycles. The second kappa shape index (κ2) is 6.32. The highest BCUT2D eigenvalue weighted by Gasteiger charge is 2.29. The van der Waals surface area contributed by atoms with Crippen molar-refractivity contribution in [2.24, 2.45) is 0 Å². The average Bonchev–Trinajstić information content (AvgIpc) is 3.16. The smallest absolute Gasteiger partial charge is 0.238 e. The van der Waals surface area contributed by atoms with Crippen molar-refractivity contribution in [2.45, 2.75) is 18.9 Å². The molecule has 1 fully saturated rings. The molecular formula is C13H16ClFN2O2. The molecule has 0 aliphatic heterocycles. The van der Waals surface area contributed by atoms with Gasteiger partial charge in [-0.15, -0.1) is 0 Å². The van der Waals surface area contributed by atoms with E-state index in [-0.39, 0.29) is 24.1 Å². The normalized spacial score (nSPS) is 14.7. The fraction of sp³-hybridized carbons (Fsp3) is 0.462. The minimum Gasteiger partial charge on any atom is -0.395 e. The molecule has 0 bridgehead atoms. The third kappa shape index (κ3) is 4.16. The van der Waals surface area contributed by atoms with E-state index >= 15 is 0 Å². The Hall–Kier alpha value is -1.17. The molecule has 1 aliphatic rings. The van der Waals surface area contributed by atoms with Gasteiger partial charge in [-0.3, -0.25) is 9.69 Å². The topological polar surface area (TPSA) is 52.6 Å². The number of hydrogen-bond acceptors (Lipinski definition) is 3. The molecule has 19 heavy (non-hydrogen) atoms. The fourth-order valence-corrected chi connectivity index (χ4v) is 2.14. The van der Waals surface area contributed by atoms with Crippen LogP contribution in [0.4, 0.5) is 10.1 Å². The minimum atomic E-state index is -0.442. The molecule has 0 atom stereocenters. The van der Waals surface area contributed by atoms with E-state index in [0.29, 0.717) is 18.3 Å². The van der Waals surface area contributed by atoms with E-state index in [4.69, 9.17) is 16.7 Å². The van der Waals surface area contributed by atoms with E-state index in [2.05, 4.69) is 5.32 Å². The molecule has 0 spiro atoms. The summed E-state index contributed by atoms with van der Waals surface area (Å²) in [6.45, 7) is 0.718. The zero-order valence-corrected chi connectivity index (χ0v) is 11.2. The molecule has 1 saturated carbocycles. The predicted octanol–water partition coefficient (Wildman–Crippen LogP) is 1.87. The van der Waals surface area contributed by atoms with Gasteiger partial charge in [-0.1, -0.05) is 11.6 Å². The van der Waals surface area contributed by atoms with E-state index in [1.54, 1.807) is 0 Å². The maximum absolute atomic E-state index is 12.9. The van der Waals surface area contributed by atoms with Gasteiger partial charge in [0.05, 0.1) is 23.9 Å². The van der Waals surface area contributed by atoms with Gasteiger partial charge in [0.2, 0.25) is 5.91 Å². The van der Waals surface area contributed by atoms with Gasteiger partial charge in [0, 0.05) is 12.6 Å². The quantitative estimate of drug-likeness (QED) is 0.839. The Morgan fingerprint density at radius 3 is 2.84 bits per heavy atom. The summed E-state index contributed by atoms with van der Waals surface area (Å²) in [5.41, 5.74) is 0.396. The van der Waals surface area contributed by atoms with Crippen molar-refractivity contribution in [1.29, 1.82) is 0 Å². The van der Waals surface area contributed by atoms with E-state index in [1.807, 2.05) is 4.90 Å². The fourth-order valence-electron chi connectivity index (χ4n) is 1.92. The molecule has 0 saturated heterocycles. The molecule has 0 aromatic heterocycles. The van der Waals surface area contributed by atoms with Crippen LogP contribution in [0.25, 0.3) is 0 Å². The van der Waals surface area contributed by atoms with Crippen LogP contribution in [-0.2, 0) is 4.79 Å². The molecule has 1 amide bonds. The summed E-state index contributed by atoms with van der Waals surface area (Å²) in [6, 6.07) is 4.22. The lowest BCUT2D eigenvalue weighted by Gasteiger charge is -2.20. The SMILES string of the molecule is O=C(CN(CCO)C1CC1)Nc1ccc(F)cc1Cl. The first kappa shape index (κ1) is 14.2. The number of nitrogens with one attached hydrogen (secondary N) is 1. The molecule has 2 rings (SSSR count). The van der Waals surface area contributed by atoms with Crippen molar-refractivity contribution in [3.05, 3.63) is 29.0 Å². The summed E-state index contributed by atoms with van der Waals surface area (Å²) < 4.78 is 12.9. The summed E-state index contributed by atoms with van der Waals surface area (Å²) in [5, 5.41) is 11.8. The van der Waals surface area contributed by atoms with Gasteiger partial charge in [-0.05, 0) is 31.0 Å². The standard InChI is InChI=1S/C13H16ClFN2O2/c14-11-7-9(15)1-4-12(11)16-13(19)8-17(5-6-18)10-2-3-10/h1,4,7,10,18H,2-3,5-6,8H2,(H,16,19). The second-order valence-electron chi connectivity index (χ2n) is 4.60. The molecule has 2 N–H and O–H groups in total. The highest BCUT2D eigenvalue weighted by atomic mass is 35.5. The van der Waals surface area contributed by atoms with E-state index in [9.17, 15) is 9.18 Å². The van der Waals surface area contributed by atoms with Gasteiger partial charge in [0.25, 0.3) is 0 Å². The van der Waals surface area contributed by atoms with Crippen LogP contribution in [0, 0.1) is 5.82 Å². The number of benzene rings is 1. The molecule has 0 unspecified atom stereocenters. The summed E-state index contributed by atoms with van der Waals surface area (Å²) in [4.78, 5) is 13.8. The minimum absolute atomic E-state index is 0.0289. The van der Waals surface area contributed by atoms with E-state index < -0.39 is 5.82 Å². The van der Waals surface area contributed by atoms with Gasteiger partial charge >= 0.3 is 0 Å². The van der Waals surface area contributed by atoms with Crippen LogP contribution in [0.1, 0.15) is 12.8 Å². The number of aliphatic hydroxyl groups excluding tert-OH is 1. The first-order valence-corrected chi connectivity index (χ1v) is 6.58. The van der Waals surface area contributed by atoms with Crippen LogP contribution in [0.2, 0.25) is 5.02 Å². The molecule has 1 aromatic carbocycles. The summed E-state index contributed by atoms with van der Waals surface area (Å²) in [6.07, 6.45) is 2.12. The molecule has 1 aromatic rings. The van der Waals surface area contributed by atoms with Crippen LogP contribution in [0.3, 0.4) is 0 Å². The number of aliphatic hydroxyl groups is 1. The molecule has 4 nitrogen and oxygen atoms in total. The molecule has 0 heterocycles. The van der Waals surface area contributed by atoms with Gasteiger partial charge in [-0.2, -0.15) is 0 Å². The number of carbonyl (C=O) groups excluding carboxylic acids is 1. The zero-order valence-electron chi connectivity index (χ0n) is 10.4. The highest BCUT2D eigenvalue weighted by Crippen LogP contribution is 2.26. The Labute approximate surface area is 116 Å². The zero-order chi connectivity index (χ0) is 13.8. The Kier molecular flexibility index (Phi) is 4.74. The maximum Gasteiger partial charge on any atom is 0.238 e. The van der Waals surface area contributed by atoms with Crippen molar-refractivity contribution in [3.8, 4) is 0 Å². The Bertz CT molecular complexity index is 466. The largest absolute Gasteiger partial charge is 0.395 e. The first-order valence-electron chi connectivity index (χ1n) is 6.20. The molecular weight excluding hydrogens is 271 g/mol. The molecule has 104 valence electrons. The lowest BCUT2D eigenvalue weighted by molar-refractivity contribution is -0.117. The van der Waals surface area contributed by atoms with Gasteiger partial charge in [0.15, 0.2) is 0 Å². The maximum atomic E-state index is 12.9. The Morgan fingerprint density at radius 2 is 2.26 bits per heavy atom. The van der Waals surface area contributed by atoms with E-state index in [1.165, 1.54) is 12.1 Å². The lowest BCUT2D eigenvalue weighted by Crippen LogP contribution is -2.36. The van der Waals surface area contributed by atoms with Crippen molar-refractivity contribution >= 4 is 23.2 Å². The average molecular weight is 287 g/mol. The molecule has 0 radical (unpaired) electrons. The summed E-state index contributed by atoms with van der Waals surface area (Å²) in [7, 11) is 0. The van der Waals surface area contributed by atoms with E-state index in [0.717, 1.165) is 18.9 Å². The van der Waals surface area contributed by atoms with Crippen LogP contribution in [0.5, 0.6) is 0 Å². The number of anilines is 1. The van der Waals surface area contributed by atoms with Gasteiger partial charge < -0.3 is 10.4 Å². The third-order valence-electron chi connectivity index (χ3n) is 3.00. The number of amides is 1. The van der Waals surface area contributed by atoms with Crippen LogP contribution in [0.15, 0.2) is 18.2 Å². The first-order chi connectivity index (χ1) is 9.10. The van der Waals surface area contributed by atoms with Crippen LogP contribution >= 0.6 is 11.6 Å². The number of nitrogens with zero attached hydrogens (tertiary/aromatic N) is 1. The van der Waals surface area contributed by atoms with Crippen molar-refractivity contribution in [3.63, 3.8) is 0 Å². The third-order valence-corrected chi connectivity index (χ3v) is 3.32. The monoisotopic (exact) mass is 286 g/mol. The summed E-state index contributed by atoms with van der Waals surface area (Å²) >= 11 is 5.84. The van der Waals surface area contributed by atoms with Crippen molar-refractivity contribution in [2.75, 3.05) is 25.0 Å². The van der Waals surface area contributed by atoms with Crippen LogP contribution < -0.4 is 5.32 Å².